The molecule has 0 aliphatic heterocycles. The van der Waals surface area contributed by atoms with Gasteiger partial charge in [-0.25, -0.2) is 4.98 Å². The first kappa shape index (κ1) is 19.1. The van der Waals surface area contributed by atoms with E-state index in [0.29, 0.717) is 5.13 Å². The average molecular weight is 355 g/mol. The van der Waals surface area contributed by atoms with E-state index in [-0.39, 0.29) is 37.3 Å². The topological polar surface area (TPSA) is 97.1 Å². The lowest BCUT2D eigenvalue weighted by Gasteiger charge is -2.04. The molecule has 2 amide bonds. The maximum absolute atomic E-state index is 11.7. The summed E-state index contributed by atoms with van der Waals surface area (Å²) >= 11 is 1.35. The summed E-state index contributed by atoms with van der Waals surface area (Å²) in [6.07, 6.45) is 0. The number of benzene rings is 1. The zero-order valence-electron chi connectivity index (χ0n) is 12.9. The van der Waals surface area contributed by atoms with Crippen molar-refractivity contribution in [3.8, 4) is 11.3 Å². The van der Waals surface area contributed by atoms with Crippen molar-refractivity contribution in [1.82, 2.24) is 10.3 Å². The molecule has 0 aliphatic carbocycles. The first-order valence-electron chi connectivity index (χ1n) is 6.79. The molecule has 0 unspecified atom stereocenters. The molecule has 124 valence electrons. The number of nitrogens with zero attached hydrogens (tertiary/aromatic N) is 1. The highest BCUT2D eigenvalue weighted by Gasteiger charge is 2.10. The minimum absolute atomic E-state index is 0. The third kappa shape index (κ3) is 5.31. The van der Waals surface area contributed by atoms with E-state index in [1.165, 1.54) is 16.9 Å². The number of hydrogen-bond acceptors (Lipinski definition) is 5. The maximum atomic E-state index is 11.7. The van der Waals surface area contributed by atoms with E-state index < -0.39 is 0 Å². The minimum atomic E-state index is -0.370. The van der Waals surface area contributed by atoms with Crippen LogP contribution >= 0.6 is 23.7 Å². The lowest BCUT2D eigenvalue weighted by molar-refractivity contribution is -0.123. The number of nitrogens with two attached hydrogens (primary N) is 1. The van der Waals surface area contributed by atoms with E-state index in [1.807, 2.05) is 31.4 Å². The third-order valence-electron chi connectivity index (χ3n) is 3.04. The lowest BCUT2D eigenvalue weighted by Crippen LogP contribution is -2.36. The number of aryl methyl sites for hydroxylation is 2. The van der Waals surface area contributed by atoms with Crippen molar-refractivity contribution in [2.24, 2.45) is 5.73 Å². The van der Waals surface area contributed by atoms with E-state index in [2.05, 4.69) is 21.7 Å². The number of carbonyl (C=O) groups is 2. The standard InChI is InChI=1S/C15H18N4O2S.ClH/c1-9-3-4-11(10(2)5-9)12-8-22-15(18-12)19-14(21)7-17-13(20)6-16;/h3-5,8H,6-7,16H2,1-2H3,(H,17,20)(H,18,19,21);1H. The quantitative estimate of drug-likeness (QED) is 0.763. The van der Waals surface area contributed by atoms with Gasteiger partial charge in [0.2, 0.25) is 11.8 Å². The number of anilines is 1. The summed E-state index contributed by atoms with van der Waals surface area (Å²) in [7, 11) is 0. The van der Waals surface area contributed by atoms with Crippen LogP contribution in [0.5, 0.6) is 0 Å². The van der Waals surface area contributed by atoms with E-state index >= 15 is 0 Å². The van der Waals surface area contributed by atoms with Crippen LogP contribution in [0.1, 0.15) is 11.1 Å². The molecule has 0 radical (unpaired) electrons. The molecule has 8 heteroatoms. The summed E-state index contributed by atoms with van der Waals surface area (Å²) in [6.45, 7) is 3.82. The van der Waals surface area contributed by atoms with Gasteiger partial charge in [-0.15, -0.1) is 23.7 Å². The second-order valence-electron chi connectivity index (χ2n) is 4.89. The summed E-state index contributed by atoms with van der Waals surface area (Å²) in [5.41, 5.74) is 9.35. The fourth-order valence-electron chi connectivity index (χ4n) is 1.97. The predicted octanol–water partition coefficient (Wildman–Crippen LogP) is 1.86. The first-order valence-corrected chi connectivity index (χ1v) is 7.67. The first-order chi connectivity index (χ1) is 10.5. The Morgan fingerprint density at radius 2 is 2.00 bits per heavy atom. The Balaban J connectivity index is 0.00000264. The van der Waals surface area contributed by atoms with Crippen LogP contribution in [0.3, 0.4) is 0 Å². The number of rotatable bonds is 5. The molecule has 2 aromatic rings. The van der Waals surface area contributed by atoms with Gasteiger partial charge in [-0.1, -0.05) is 23.8 Å². The van der Waals surface area contributed by atoms with Crippen molar-refractivity contribution in [2.45, 2.75) is 13.8 Å². The van der Waals surface area contributed by atoms with Crippen LogP contribution in [0.25, 0.3) is 11.3 Å². The Labute approximate surface area is 144 Å². The molecule has 6 nitrogen and oxygen atoms in total. The van der Waals surface area contributed by atoms with Crippen LogP contribution in [0, 0.1) is 13.8 Å². The molecule has 1 heterocycles. The SMILES string of the molecule is Cc1ccc(-c2csc(NC(=O)CNC(=O)CN)n2)c(C)c1.Cl. The third-order valence-corrected chi connectivity index (χ3v) is 3.80. The van der Waals surface area contributed by atoms with Crippen molar-refractivity contribution in [2.75, 3.05) is 18.4 Å². The Bertz CT molecular complexity index is 703. The lowest BCUT2D eigenvalue weighted by atomic mass is 10.0. The molecule has 0 aliphatic rings. The fraction of sp³-hybridized carbons (Fsp3) is 0.267. The average Bonchev–Trinajstić information content (AvgIpc) is 2.92. The van der Waals surface area contributed by atoms with Crippen LogP contribution in [0.2, 0.25) is 0 Å². The highest BCUT2D eigenvalue weighted by atomic mass is 35.5. The highest BCUT2D eigenvalue weighted by molar-refractivity contribution is 7.14. The minimum Gasteiger partial charge on any atom is -0.346 e. The molecule has 4 N–H and O–H groups in total. The Hall–Kier alpha value is -1.96. The van der Waals surface area contributed by atoms with Gasteiger partial charge in [0.25, 0.3) is 0 Å². The van der Waals surface area contributed by atoms with Crippen LogP contribution in [-0.4, -0.2) is 29.9 Å². The van der Waals surface area contributed by atoms with Crippen molar-refractivity contribution in [3.63, 3.8) is 0 Å². The van der Waals surface area contributed by atoms with Crippen LogP contribution in [-0.2, 0) is 9.59 Å². The van der Waals surface area contributed by atoms with Gasteiger partial charge in [-0.05, 0) is 19.4 Å². The Morgan fingerprint density at radius 3 is 2.65 bits per heavy atom. The van der Waals surface area contributed by atoms with Gasteiger partial charge in [-0.3, -0.25) is 9.59 Å². The molecule has 0 saturated heterocycles. The normalized spacial score (nSPS) is 9.87. The molecule has 0 bridgehead atoms. The van der Waals surface area contributed by atoms with Crippen LogP contribution in [0.4, 0.5) is 5.13 Å². The van der Waals surface area contributed by atoms with E-state index in [1.54, 1.807) is 0 Å². The molecular formula is C15H19ClN4O2S. The fourth-order valence-corrected chi connectivity index (χ4v) is 2.70. The van der Waals surface area contributed by atoms with E-state index in [4.69, 9.17) is 5.73 Å². The van der Waals surface area contributed by atoms with Gasteiger partial charge in [-0.2, -0.15) is 0 Å². The molecule has 0 saturated carbocycles. The van der Waals surface area contributed by atoms with Gasteiger partial charge in [0.05, 0.1) is 18.8 Å². The summed E-state index contributed by atoms with van der Waals surface area (Å²) in [6, 6.07) is 6.14. The second-order valence-corrected chi connectivity index (χ2v) is 5.74. The summed E-state index contributed by atoms with van der Waals surface area (Å²) < 4.78 is 0. The number of aromatic nitrogens is 1. The van der Waals surface area contributed by atoms with Crippen molar-refractivity contribution >= 4 is 40.7 Å². The van der Waals surface area contributed by atoms with E-state index in [9.17, 15) is 9.59 Å². The summed E-state index contributed by atoms with van der Waals surface area (Å²) in [4.78, 5) is 27.1. The van der Waals surface area contributed by atoms with Gasteiger partial charge in [0.15, 0.2) is 5.13 Å². The molecular weight excluding hydrogens is 336 g/mol. The van der Waals surface area contributed by atoms with Crippen molar-refractivity contribution in [3.05, 3.63) is 34.7 Å². The maximum Gasteiger partial charge on any atom is 0.245 e. The highest BCUT2D eigenvalue weighted by Crippen LogP contribution is 2.27. The zero-order chi connectivity index (χ0) is 16.1. The number of halogens is 1. The van der Waals surface area contributed by atoms with Crippen LogP contribution < -0.4 is 16.4 Å². The molecule has 1 aromatic carbocycles. The molecule has 2 rings (SSSR count). The van der Waals surface area contributed by atoms with Gasteiger partial charge < -0.3 is 16.4 Å². The number of hydrogen-bond donors (Lipinski definition) is 3. The van der Waals surface area contributed by atoms with Crippen molar-refractivity contribution in [1.29, 1.82) is 0 Å². The van der Waals surface area contributed by atoms with Gasteiger partial charge in [0, 0.05) is 10.9 Å². The predicted molar refractivity (Wildman–Crippen MR) is 95.0 cm³/mol. The summed E-state index contributed by atoms with van der Waals surface area (Å²) in [5.74, 6) is -0.700. The molecule has 0 spiro atoms. The molecule has 0 fully saturated rings. The smallest absolute Gasteiger partial charge is 0.245 e. The summed E-state index contributed by atoms with van der Waals surface area (Å²) in [5, 5.41) is 7.46. The van der Waals surface area contributed by atoms with Gasteiger partial charge in [0.1, 0.15) is 0 Å². The monoisotopic (exact) mass is 354 g/mol. The molecule has 0 atom stereocenters. The second kappa shape index (κ2) is 8.61. The van der Waals surface area contributed by atoms with Crippen molar-refractivity contribution < 1.29 is 9.59 Å². The van der Waals surface area contributed by atoms with E-state index in [0.717, 1.165) is 16.8 Å². The number of carbonyl (C=O) groups excluding carboxylic acids is 2. The number of amides is 2. The Morgan fingerprint density at radius 1 is 1.26 bits per heavy atom. The largest absolute Gasteiger partial charge is 0.346 e. The Kier molecular flexibility index (Phi) is 7.15. The molecule has 23 heavy (non-hydrogen) atoms. The zero-order valence-corrected chi connectivity index (χ0v) is 14.5. The van der Waals surface area contributed by atoms with Crippen LogP contribution in [0.15, 0.2) is 23.6 Å². The number of thiazole rings is 1. The van der Waals surface area contributed by atoms with Gasteiger partial charge >= 0.3 is 0 Å². The molecule has 1 aromatic heterocycles. The number of nitrogens with one attached hydrogen (secondary N) is 2.